The van der Waals surface area contributed by atoms with Crippen LogP contribution < -0.4 is 0 Å². The third kappa shape index (κ3) is 8.63. The number of hydrogen-bond acceptors (Lipinski definition) is 3. The summed E-state index contributed by atoms with van der Waals surface area (Å²) < 4.78 is 0. The summed E-state index contributed by atoms with van der Waals surface area (Å²) in [5, 5.41) is 1.13. The molecule has 0 amide bonds. The van der Waals surface area contributed by atoms with Crippen molar-refractivity contribution in [3.8, 4) is 55.9 Å². The SMILES string of the molecule is Cc1ccc(-c2ccc(-c3cc[c-]c(-c4cc(C(C)(C)C)ccn4)c3)c3cc(-c4ccccc4)cnc23)c(C)c1.Cc1ccnc(-c2[c-]cccc2)c1.[Ir]. The predicted octanol–water partition coefficient (Wildman–Crippen LogP) is 12.9. The second-order valence-electron chi connectivity index (χ2n) is 14.6. The summed E-state index contributed by atoms with van der Waals surface area (Å²) in [6.07, 6.45) is 5.73. The van der Waals surface area contributed by atoms with Crippen LogP contribution in [0.3, 0.4) is 0 Å². The predicted molar refractivity (Wildman–Crippen MR) is 222 cm³/mol. The van der Waals surface area contributed by atoms with Gasteiger partial charge in [0.1, 0.15) is 0 Å². The smallest absolute Gasteiger partial charge is 0.0786 e. The van der Waals surface area contributed by atoms with Crippen LogP contribution in [0, 0.1) is 32.9 Å². The van der Waals surface area contributed by atoms with Gasteiger partial charge in [-0.1, -0.05) is 105 Å². The average Bonchev–Trinajstić information content (AvgIpc) is 3.18. The fourth-order valence-electron chi connectivity index (χ4n) is 6.66. The second-order valence-corrected chi connectivity index (χ2v) is 14.6. The maximum Gasteiger partial charge on any atom is 0.0786 e. The van der Waals surface area contributed by atoms with Gasteiger partial charge in [-0.25, -0.2) is 0 Å². The topological polar surface area (TPSA) is 38.7 Å². The van der Waals surface area contributed by atoms with E-state index in [9.17, 15) is 0 Å². The zero-order valence-electron chi connectivity index (χ0n) is 31.6. The van der Waals surface area contributed by atoms with Crippen LogP contribution in [-0.4, -0.2) is 15.0 Å². The van der Waals surface area contributed by atoms with Crippen molar-refractivity contribution in [1.82, 2.24) is 15.0 Å². The van der Waals surface area contributed by atoms with E-state index in [1.54, 1.807) is 0 Å². The number of pyridine rings is 3. The van der Waals surface area contributed by atoms with Crippen molar-refractivity contribution in [1.29, 1.82) is 0 Å². The quantitative estimate of drug-likeness (QED) is 0.162. The standard InChI is InChI=1S/C38H33N2.C12H10N.Ir/c1-25-14-15-32(26(2)20-25)34-17-16-33(35-22-30(24-40-37(34)35)27-10-7-6-8-11-27)28-12-9-13-29(21-28)36-23-31(18-19-39-36)38(3,4)5;1-10-7-8-13-12(9-10)11-5-3-2-4-6-11;/h6-12,14-24H,1-5H3;2-5,7-9H,1H3;/q2*-1;. The summed E-state index contributed by atoms with van der Waals surface area (Å²) in [6, 6.07) is 53.0. The van der Waals surface area contributed by atoms with Gasteiger partial charge in [0.2, 0.25) is 0 Å². The molecular formula is C50H43IrN3-2. The first-order valence-corrected chi connectivity index (χ1v) is 18.1. The largest absolute Gasteiger partial charge is 0.305 e. The molecule has 0 aliphatic heterocycles. The molecule has 3 aromatic heterocycles. The molecule has 0 saturated heterocycles. The van der Waals surface area contributed by atoms with Crippen molar-refractivity contribution in [2.75, 3.05) is 0 Å². The molecule has 0 bridgehead atoms. The summed E-state index contributed by atoms with van der Waals surface area (Å²) in [4.78, 5) is 14.1. The Morgan fingerprint density at radius 3 is 1.91 bits per heavy atom. The maximum atomic E-state index is 5.08. The Kier molecular flexibility index (Phi) is 11.8. The summed E-state index contributed by atoms with van der Waals surface area (Å²) in [6.45, 7) is 13.1. The second kappa shape index (κ2) is 16.6. The van der Waals surface area contributed by atoms with Gasteiger partial charge in [0.05, 0.1) is 5.52 Å². The van der Waals surface area contributed by atoms with Crippen LogP contribution in [0.15, 0.2) is 152 Å². The number of aryl methyl sites for hydroxylation is 3. The molecular weight excluding hydrogens is 835 g/mol. The summed E-state index contributed by atoms with van der Waals surface area (Å²) in [7, 11) is 0. The van der Waals surface area contributed by atoms with Crippen molar-refractivity contribution in [2.24, 2.45) is 0 Å². The van der Waals surface area contributed by atoms with Gasteiger partial charge in [-0.3, -0.25) is 4.98 Å². The van der Waals surface area contributed by atoms with Gasteiger partial charge in [-0.15, -0.1) is 71.3 Å². The molecule has 3 nitrogen and oxygen atoms in total. The normalized spacial score (nSPS) is 11.0. The number of benzene rings is 5. The van der Waals surface area contributed by atoms with Crippen LogP contribution in [-0.2, 0) is 25.5 Å². The monoisotopic (exact) mass is 878 g/mol. The van der Waals surface area contributed by atoms with Crippen LogP contribution >= 0.6 is 0 Å². The fraction of sp³-hybridized carbons (Fsp3) is 0.140. The van der Waals surface area contributed by atoms with E-state index in [2.05, 4.69) is 150 Å². The van der Waals surface area contributed by atoms with E-state index >= 15 is 0 Å². The van der Waals surface area contributed by atoms with E-state index < -0.39 is 0 Å². The van der Waals surface area contributed by atoms with Crippen LogP contribution in [0.1, 0.15) is 43.0 Å². The number of hydrogen-bond donors (Lipinski definition) is 0. The first-order chi connectivity index (χ1) is 25.6. The van der Waals surface area contributed by atoms with E-state index in [4.69, 9.17) is 9.97 Å². The molecule has 4 heteroatoms. The minimum absolute atomic E-state index is 0. The number of fused-ring (bicyclic) bond motifs is 1. The van der Waals surface area contributed by atoms with Gasteiger partial charge in [-0.05, 0) is 83.6 Å². The summed E-state index contributed by atoms with van der Waals surface area (Å²) in [5.74, 6) is 0. The van der Waals surface area contributed by atoms with Gasteiger partial charge in [0.15, 0.2) is 0 Å². The van der Waals surface area contributed by atoms with Crippen molar-refractivity contribution >= 4 is 10.9 Å². The molecule has 269 valence electrons. The number of rotatable bonds is 5. The molecule has 0 fully saturated rings. The first kappa shape index (κ1) is 38.2. The number of aromatic nitrogens is 3. The van der Waals surface area contributed by atoms with Gasteiger partial charge in [0.25, 0.3) is 0 Å². The Bertz CT molecular complexity index is 2520. The zero-order chi connectivity index (χ0) is 37.0. The molecule has 8 aromatic rings. The van der Waals surface area contributed by atoms with Crippen molar-refractivity contribution < 1.29 is 20.1 Å². The van der Waals surface area contributed by atoms with Gasteiger partial charge < -0.3 is 9.97 Å². The van der Waals surface area contributed by atoms with Crippen molar-refractivity contribution in [3.63, 3.8) is 0 Å². The third-order valence-electron chi connectivity index (χ3n) is 9.54. The van der Waals surface area contributed by atoms with Gasteiger partial charge in [-0.2, -0.15) is 0 Å². The zero-order valence-corrected chi connectivity index (χ0v) is 34.0. The Morgan fingerprint density at radius 2 is 1.19 bits per heavy atom. The first-order valence-electron chi connectivity index (χ1n) is 18.1. The van der Waals surface area contributed by atoms with Gasteiger partial charge in [0, 0.05) is 55.2 Å². The van der Waals surface area contributed by atoms with E-state index in [1.807, 2.05) is 61.1 Å². The Balaban J connectivity index is 0.000000300. The fourth-order valence-corrected chi connectivity index (χ4v) is 6.66. The van der Waals surface area contributed by atoms with E-state index in [0.717, 1.165) is 61.2 Å². The molecule has 0 spiro atoms. The Hall–Kier alpha value is -5.54. The molecule has 1 radical (unpaired) electrons. The molecule has 0 aliphatic rings. The molecule has 0 aliphatic carbocycles. The average molecular weight is 878 g/mol. The maximum absolute atomic E-state index is 5.08. The Labute approximate surface area is 333 Å². The van der Waals surface area contributed by atoms with Crippen LogP contribution in [0.4, 0.5) is 0 Å². The minimum atomic E-state index is 0. The minimum Gasteiger partial charge on any atom is -0.305 e. The summed E-state index contributed by atoms with van der Waals surface area (Å²) in [5.41, 5.74) is 16.9. The van der Waals surface area contributed by atoms with Crippen LogP contribution in [0.25, 0.3) is 66.8 Å². The Morgan fingerprint density at radius 1 is 0.500 bits per heavy atom. The number of nitrogens with zero attached hydrogens (tertiary/aromatic N) is 3. The third-order valence-corrected chi connectivity index (χ3v) is 9.54. The molecule has 0 atom stereocenters. The molecule has 0 N–H and O–H groups in total. The van der Waals surface area contributed by atoms with Crippen LogP contribution in [0.2, 0.25) is 0 Å². The molecule has 54 heavy (non-hydrogen) atoms. The molecule has 5 aromatic carbocycles. The molecule has 0 unspecified atom stereocenters. The van der Waals surface area contributed by atoms with Gasteiger partial charge >= 0.3 is 0 Å². The molecule has 8 rings (SSSR count). The summed E-state index contributed by atoms with van der Waals surface area (Å²) >= 11 is 0. The van der Waals surface area contributed by atoms with Crippen LogP contribution in [0.5, 0.6) is 0 Å². The molecule has 0 saturated carbocycles. The van der Waals surface area contributed by atoms with E-state index in [0.29, 0.717) is 0 Å². The van der Waals surface area contributed by atoms with Crippen molar-refractivity contribution in [2.45, 2.75) is 47.0 Å². The van der Waals surface area contributed by atoms with Crippen molar-refractivity contribution in [3.05, 3.63) is 186 Å². The van der Waals surface area contributed by atoms with E-state index in [-0.39, 0.29) is 25.5 Å². The van der Waals surface area contributed by atoms with E-state index in [1.165, 1.54) is 27.8 Å². The molecule has 3 heterocycles.